The molecule has 1 aromatic carbocycles. The second kappa shape index (κ2) is 7.06. The summed E-state index contributed by atoms with van der Waals surface area (Å²) in [7, 11) is 0. The number of hydrogen-bond donors (Lipinski definition) is 0. The molecule has 5 nitrogen and oxygen atoms in total. The zero-order chi connectivity index (χ0) is 18.0. The van der Waals surface area contributed by atoms with Gasteiger partial charge in [-0.2, -0.15) is 0 Å². The van der Waals surface area contributed by atoms with Gasteiger partial charge in [-0.1, -0.05) is 19.4 Å². The van der Waals surface area contributed by atoms with E-state index in [1.807, 2.05) is 26.0 Å². The fourth-order valence-corrected chi connectivity index (χ4v) is 3.71. The number of ether oxygens (including phenoxy) is 2. The summed E-state index contributed by atoms with van der Waals surface area (Å²) in [6.07, 6.45) is 3.35. The summed E-state index contributed by atoms with van der Waals surface area (Å²) >= 11 is 0. The lowest BCUT2D eigenvalue weighted by atomic mass is 9.81. The first kappa shape index (κ1) is 17.8. The van der Waals surface area contributed by atoms with Gasteiger partial charge in [0.05, 0.1) is 18.6 Å². The van der Waals surface area contributed by atoms with Crippen LogP contribution in [0.4, 0.5) is 4.79 Å². The topological polar surface area (TPSA) is 55.8 Å². The van der Waals surface area contributed by atoms with E-state index in [-0.39, 0.29) is 11.9 Å². The van der Waals surface area contributed by atoms with E-state index < -0.39 is 5.60 Å². The Morgan fingerprint density at radius 3 is 2.68 bits per heavy atom. The fourth-order valence-electron chi connectivity index (χ4n) is 3.71. The molecule has 2 aliphatic rings. The highest BCUT2D eigenvalue weighted by Crippen LogP contribution is 2.41. The van der Waals surface area contributed by atoms with Crippen molar-refractivity contribution in [2.45, 2.75) is 58.5 Å². The van der Waals surface area contributed by atoms with Gasteiger partial charge in [0.2, 0.25) is 0 Å². The Morgan fingerprint density at radius 2 is 2.00 bits per heavy atom. The monoisotopic (exact) mass is 345 g/mol. The van der Waals surface area contributed by atoms with E-state index in [9.17, 15) is 9.59 Å². The van der Waals surface area contributed by atoms with Crippen molar-refractivity contribution in [2.24, 2.45) is 0 Å². The maximum absolute atomic E-state index is 12.7. The van der Waals surface area contributed by atoms with Crippen molar-refractivity contribution in [3.8, 4) is 5.75 Å². The fraction of sp³-hybridized carbons (Fsp3) is 0.600. The third-order valence-corrected chi connectivity index (χ3v) is 5.18. The molecule has 1 fully saturated rings. The number of fused-ring (bicyclic) bond motifs is 1. The van der Waals surface area contributed by atoms with Gasteiger partial charge in [0.25, 0.3) is 0 Å². The molecule has 1 spiro atoms. The van der Waals surface area contributed by atoms with E-state index >= 15 is 0 Å². The van der Waals surface area contributed by atoms with Crippen molar-refractivity contribution in [1.82, 2.24) is 4.90 Å². The van der Waals surface area contributed by atoms with Gasteiger partial charge in [-0.25, -0.2) is 4.79 Å². The molecule has 0 atom stereocenters. The molecule has 25 heavy (non-hydrogen) atoms. The molecule has 0 bridgehead atoms. The quantitative estimate of drug-likeness (QED) is 0.776. The minimum absolute atomic E-state index is 0.145. The van der Waals surface area contributed by atoms with Gasteiger partial charge in [0, 0.05) is 25.9 Å². The van der Waals surface area contributed by atoms with Gasteiger partial charge in [-0.3, -0.25) is 4.79 Å². The van der Waals surface area contributed by atoms with Gasteiger partial charge in [0.15, 0.2) is 5.78 Å². The number of carbonyl (C=O) groups is 2. The number of piperidine rings is 1. The average molecular weight is 345 g/mol. The smallest absolute Gasteiger partial charge is 0.409 e. The number of Topliss-reactive ketones (excluding diaryl/α,β-unsaturated/α-hetero) is 1. The third kappa shape index (κ3) is 3.65. The molecule has 1 aromatic rings. The summed E-state index contributed by atoms with van der Waals surface area (Å²) in [5.74, 6) is 0.868. The molecule has 1 saturated heterocycles. The van der Waals surface area contributed by atoms with E-state index in [4.69, 9.17) is 9.47 Å². The molecule has 3 rings (SSSR count). The van der Waals surface area contributed by atoms with Crippen LogP contribution in [0.5, 0.6) is 5.75 Å². The van der Waals surface area contributed by atoms with E-state index in [0.29, 0.717) is 44.5 Å². The number of rotatable bonds is 3. The number of carbonyl (C=O) groups excluding carboxylic acids is 2. The van der Waals surface area contributed by atoms with Crippen LogP contribution in [0.25, 0.3) is 0 Å². The Bertz CT molecular complexity index is 675. The molecule has 2 aliphatic heterocycles. The summed E-state index contributed by atoms with van der Waals surface area (Å²) in [5.41, 5.74) is 2.30. The summed E-state index contributed by atoms with van der Waals surface area (Å²) in [5, 5.41) is 0. The SMILES string of the molecule is CCCCOC(=O)N1CCC2(CC1)CC(=O)c1cc(C)cc(C)c1O2. The number of amides is 1. The van der Waals surface area contributed by atoms with Gasteiger partial charge in [-0.05, 0) is 37.5 Å². The largest absolute Gasteiger partial charge is 0.486 e. The first-order chi connectivity index (χ1) is 11.9. The molecule has 0 N–H and O–H groups in total. The highest BCUT2D eigenvalue weighted by Gasteiger charge is 2.44. The van der Waals surface area contributed by atoms with Crippen LogP contribution in [0.2, 0.25) is 0 Å². The van der Waals surface area contributed by atoms with Crippen LogP contribution in [0.1, 0.15) is 60.5 Å². The molecular weight excluding hydrogens is 318 g/mol. The van der Waals surface area contributed by atoms with Crippen molar-refractivity contribution in [3.63, 3.8) is 0 Å². The molecular formula is C20H27NO4. The minimum Gasteiger partial charge on any atom is -0.486 e. The lowest BCUT2D eigenvalue weighted by Crippen LogP contribution is -2.52. The van der Waals surface area contributed by atoms with E-state index in [1.165, 1.54) is 0 Å². The van der Waals surface area contributed by atoms with Crippen LogP contribution < -0.4 is 4.74 Å². The maximum Gasteiger partial charge on any atom is 0.409 e. The van der Waals surface area contributed by atoms with E-state index in [1.54, 1.807) is 4.90 Å². The summed E-state index contributed by atoms with van der Waals surface area (Å²) in [4.78, 5) is 26.5. The standard InChI is InChI=1S/C20H27NO4/c1-4-5-10-24-19(23)21-8-6-20(7-9-21)13-17(22)16-12-14(2)11-15(3)18(16)25-20/h11-12H,4-10,13H2,1-3H3. The third-order valence-electron chi connectivity index (χ3n) is 5.18. The van der Waals surface area contributed by atoms with Gasteiger partial charge in [0.1, 0.15) is 11.4 Å². The minimum atomic E-state index is -0.482. The number of likely N-dealkylation sites (tertiary alicyclic amines) is 1. The molecule has 0 radical (unpaired) electrons. The van der Waals surface area contributed by atoms with Crippen molar-refractivity contribution < 1.29 is 19.1 Å². The average Bonchev–Trinajstić information content (AvgIpc) is 2.57. The van der Waals surface area contributed by atoms with Crippen LogP contribution in [0.15, 0.2) is 12.1 Å². The van der Waals surface area contributed by atoms with Crippen LogP contribution in [-0.2, 0) is 4.74 Å². The van der Waals surface area contributed by atoms with Crippen molar-refractivity contribution in [1.29, 1.82) is 0 Å². The summed E-state index contributed by atoms with van der Waals surface area (Å²) < 4.78 is 11.6. The van der Waals surface area contributed by atoms with Crippen molar-refractivity contribution in [3.05, 3.63) is 28.8 Å². The number of benzene rings is 1. The second-order valence-electron chi connectivity index (χ2n) is 7.30. The molecule has 2 heterocycles. The van der Waals surface area contributed by atoms with Crippen LogP contribution in [0, 0.1) is 13.8 Å². The molecule has 0 unspecified atom stereocenters. The molecule has 1 amide bonds. The number of unbranched alkanes of at least 4 members (excludes halogenated alkanes) is 1. The number of nitrogens with zero attached hydrogens (tertiary/aromatic N) is 1. The van der Waals surface area contributed by atoms with Crippen LogP contribution >= 0.6 is 0 Å². The number of aryl methyl sites for hydroxylation is 2. The lowest BCUT2D eigenvalue weighted by molar-refractivity contribution is -0.00961. The zero-order valence-electron chi connectivity index (χ0n) is 15.4. The molecule has 0 saturated carbocycles. The van der Waals surface area contributed by atoms with E-state index in [2.05, 4.69) is 6.92 Å². The predicted octanol–water partition coefficient (Wildman–Crippen LogP) is 4.04. The molecule has 0 aliphatic carbocycles. The normalized spacial score (nSPS) is 18.7. The van der Waals surface area contributed by atoms with Crippen LogP contribution in [-0.4, -0.2) is 42.1 Å². The van der Waals surface area contributed by atoms with Gasteiger partial charge in [-0.15, -0.1) is 0 Å². The van der Waals surface area contributed by atoms with Gasteiger partial charge < -0.3 is 14.4 Å². The Kier molecular flexibility index (Phi) is 5.02. The second-order valence-corrected chi connectivity index (χ2v) is 7.30. The molecule has 5 heteroatoms. The molecule has 0 aromatic heterocycles. The highest BCUT2D eigenvalue weighted by molar-refractivity contribution is 6.01. The summed E-state index contributed by atoms with van der Waals surface area (Å²) in [6, 6.07) is 3.96. The highest BCUT2D eigenvalue weighted by atomic mass is 16.6. The number of ketones is 1. The first-order valence-corrected chi connectivity index (χ1v) is 9.19. The Hall–Kier alpha value is -2.04. The van der Waals surface area contributed by atoms with Crippen molar-refractivity contribution >= 4 is 11.9 Å². The number of hydrogen-bond acceptors (Lipinski definition) is 4. The molecule has 136 valence electrons. The maximum atomic E-state index is 12.7. The lowest BCUT2D eigenvalue weighted by Gasteiger charge is -2.44. The Balaban J connectivity index is 1.67. The predicted molar refractivity (Wildman–Crippen MR) is 95.3 cm³/mol. The van der Waals surface area contributed by atoms with E-state index in [0.717, 1.165) is 29.7 Å². The Morgan fingerprint density at radius 1 is 1.28 bits per heavy atom. The Labute approximate surface area is 149 Å². The van der Waals surface area contributed by atoms with Crippen LogP contribution in [0.3, 0.4) is 0 Å². The van der Waals surface area contributed by atoms with Crippen molar-refractivity contribution in [2.75, 3.05) is 19.7 Å². The van der Waals surface area contributed by atoms with Gasteiger partial charge >= 0.3 is 6.09 Å². The zero-order valence-corrected chi connectivity index (χ0v) is 15.4. The summed E-state index contributed by atoms with van der Waals surface area (Å²) in [6.45, 7) is 7.65. The first-order valence-electron chi connectivity index (χ1n) is 9.19.